The van der Waals surface area contributed by atoms with Gasteiger partial charge in [0.25, 0.3) is 0 Å². The highest BCUT2D eigenvalue weighted by Gasteiger charge is 2.46. The SMILES string of the molecule is CCCCc1noc(C(=O)O)c1Cc1ccc(-c2ccccc2)c(NS(=O)(=O)C(F)(F)F)c1. The Morgan fingerprint density at radius 2 is 1.85 bits per heavy atom. The van der Waals surface area contributed by atoms with Gasteiger partial charge in [-0.15, -0.1) is 0 Å². The van der Waals surface area contributed by atoms with Crippen LogP contribution in [0.1, 0.15) is 47.1 Å². The number of hydrogen-bond acceptors (Lipinski definition) is 5. The Balaban J connectivity index is 2.07. The lowest BCUT2D eigenvalue weighted by Gasteiger charge is -2.16. The summed E-state index contributed by atoms with van der Waals surface area (Å²) in [6.07, 6.45) is 2.03. The van der Waals surface area contributed by atoms with Crippen molar-refractivity contribution in [2.24, 2.45) is 0 Å². The Bertz CT molecular complexity index is 1240. The standard InChI is InChI=1S/C22H21F3N2O5S/c1-2-3-9-18-17(20(21(28)29)32-26-18)12-14-10-11-16(15-7-5-4-6-8-15)19(13-14)27-33(30,31)22(23,24)25/h4-8,10-11,13,27H,2-3,9,12H2,1H3,(H,28,29). The predicted octanol–water partition coefficient (Wildman–Crippen LogP) is 5.23. The van der Waals surface area contributed by atoms with E-state index < -0.39 is 21.5 Å². The molecule has 1 aromatic heterocycles. The molecule has 0 spiro atoms. The van der Waals surface area contributed by atoms with Gasteiger partial charge >= 0.3 is 21.5 Å². The summed E-state index contributed by atoms with van der Waals surface area (Å²) in [5.41, 5.74) is -3.91. The Hall–Kier alpha value is -3.34. The molecule has 0 radical (unpaired) electrons. The first-order valence-corrected chi connectivity index (χ1v) is 11.5. The van der Waals surface area contributed by atoms with E-state index in [1.807, 2.05) is 6.92 Å². The van der Waals surface area contributed by atoms with Gasteiger partial charge in [0.05, 0.1) is 11.4 Å². The van der Waals surface area contributed by atoms with Gasteiger partial charge in [-0.1, -0.05) is 61.0 Å². The van der Waals surface area contributed by atoms with Crippen LogP contribution in [-0.2, 0) is 22.9 Å². The molecular formula is C22H21F3N2O5S. The molecule has 3 aromatic rings. The number of carboxylic acids is 1. The fourth-order valence-electron chi connectivity index (χ4n) is 3.30. The number of alkyl halides is 3. The molecule has 2 N–H and O–H groups in total. The Morgan fingerprint density at radius 3 is 2.45 bits per heavy atom. The predicted molar refractivity (Wildman–Crippen MR) is 115 cm³/mol. The number of anilines is 1. The molecule has 0 unspecified atom stereocenters. The largest absolute Gasteiger partial charge is 0.516 e. The summed E-state index contributed by atoms with van der Waals surface area (Å²) in [6, 6.07) is 12.7. The van der Waals surface area contributed by atoms with Gasteiger partial charge in [0.1, 0.15) is 0 Å². The van der Waals surface area contributed by atoms with Crippen LogP contribution in [-0.4, -0.2) is 30.2 Å². The Kier molecular flexibility index (Phi) is 7.11. The van der Waals surface area contributed by atoms with Crippen LogP contribution >= 0.6 is 0 Å². The molecule has 0 aliphatic heterocycles. The number of hydrogen-bond donors (Lipinski definition) is 2. The molecule has 0 aliphatic carbocycles. The van der Waals surface area contributed by atoms with Crippen molar-refractivity contribution < 1.29 is 36.0 Å². The fraction of sp³-hybridized carbons (Fsp3) is 0.273. The van der Waals surface area contributed by atoms with E-state index in [2.05, 4.69) is 5.16 Å². The van der Waals surface area contributed by atoms with Crippen molar-refractivity contribution in [2.45, 2.75) is 38.1 Å². The average Bonchev–Trinajstić information content (AvgIpc) is 3.14. The lowest BCUT2D eigenvalue weighted by Crippen LogP contribution is -2.30. The quantitative estimate of drug-likeness (QED) is 0.432. The van der Waals surface area contributed by atoms with Gasteiger partial charge in [-0.2, -0.15) is 21.6 Å². The summed E-state index contributed by atoms with van der Waals surface area (Å²) < 4.78 is 69.3. The molecule has 0 saturated carbocycles. The van der Waals surface area contributed by atoms with Gasteiger partial charge in [0.2, 0.25) is 5.76 Å². The van der Waals surface area contributed by atoms with Gasteiger partial charge in [-0.3, -0.25) is 4.72 Å². The monoisotopic (exact) mass is 482 g/mol. The van der Waals surface area contributed by atoms with Gasteiger partial charge in [0, 0.05) is 17.5 Å². The van der Waals surface area contributed by atoms with E-state index >= 15 is 0 Å². The third kappa shape index (κ3) is 5.54. The first kappa shape index (κ1) is 24.3. The molecule has 0 amide bonds. The second-order valence-electron chi connectivity index (χ2n) is 7.32. The zero-order chi connectivity index (χ0) is 24.2. The summed E-state index contributed by atoms with van der Waals surface area (Å²) >= 11 is 0. The van der Waals surface area contributed by atoms with E-state index in [1.165, 1.54) is 12.1 Å². The van der Waals surface area contributed by atoms with E-state index in [4.69, 9.17) is 4.52 Å². The van der Waals surface area contributed by atoms with Crippen molar-refractivity contribution in [2.75, 3.05) is 4.72 Å². The lowest BCUT2D eigenvalue weighted by atomic mass is 9.96. The number of carbonyl (C=O) groups is 1. The van der Waals surface area contributed by atoms with Gasteiger partial charge in [-0.05, 0) is 30.0 Å². The number of aromatic nitrogens is 1. The summed E-state index contributed by atoms with van der Waals surface area (Å²) in [6.45, 7) is 1.96. The highest BCUT2D eigenvalue weighted by molar-refractivity contribution is 7.93. The lowest BCUT2D eigenvalue weighted by molar-refractivity contribution is -0.0429. The van der Waals surface area contributed by atoms with Crippen molar-refractivity contribution in [1.82, 2.24) is 5.16 Å². The second-order valence-corrected chi connectivity index (χ2v) is 8.99. The normalized spacial score (nSPS) is 12.0. The van der Waals surface area contributed by atoms with Crippen molar-refractivity contribution >= 4 is 21.7 Å². The Labute approximate surface area is 188 Å². The van der Waals surface area contributed by atoms with Crippen LogP contribution in [0.4, 0.5) is 18.9 Å². The number of benzene rings is 2. The molecule has 3 rings (SSSR count). The Morgan fingerprint density at radius 1 is 1.15 bits per heavy atom. The summed E-state index contributed by atoms with van der Waals surface area (Å²) in [4.78, 5) is 11.6. The van der Waals surface area contributed by atoms with Crippen molar-refractivity contribution in [1.29, 1.82) is 0 Å². The van der Waals surface area contributed by atoms with Crippen molar-refractivity contribution in [3.63, 3.8) is 0 Å². The average molecular weight is 482 g/mol. The smallest absolute Gasteiger partial charge is 0.475 e. The van der Waals surface area contributed by atoms with Crippen LogP contribution in [0.5, 0.6) is 0 Å². The summed E-state index contributed by atoms with van der Waals surface area (Å²) in [7, 11) is -5.68. The molecule has 33 heavy (non-hydrogen) atoms. The van der Waals surface area contributed by atoms with Crippen LogP contribution in [0, 0.1) is 0 Å². The summed E-state index contributed by atoms with van der Waals surface area (Å²) in [5.74, 6) is -1.68. The number of halogens is 3. The zero-order valence-electron chi connectivity index (χ0n) is 17.5. The van der Waals surface area contributed by atoms with Gasteiger partial charge < -0.3 is 9.63 Å². The van der Waals surface area contributed by atoms with Crippen LogP contribution in [0.3, 0.4) is 0 Å². The maximum atomic E-state index is 13.0. The number of nitrogens with zero attached hydrogens (tertiary/aromatic N) is 1. The minimum absolute atomic E-state index is 0.0139. The highest BCUT2D eigenvalue weighted by atomic mass is 32.2. The van der Waals surface area contributed by atoms with Gasteiger partial charge in [-0.25, -0.2) is 4.79 Å². The van der Waals surface area contributed by atoms with E-state index in [0.29, 0.717) is 28.8 Å². The first-order valence-electron chi connectivity index (χ1n) is 10.0. The molecule has 7 nitrogen and oxygen atoms in total. The summed E-state index contributed by atoms with van der Waals surface area (Å²) in [5, 5.41) is 13.3. The fourth-order valence-corrected chi connectivity index (χ4v) is 3.87. The second kappa shape index (κ2) is 9.65. The molecule has 176 valence electrons. The molecule has 2 aromatic carbocycles. The van der Waals surface area contributed by atoms with Crippen LogP contribution in [0.2, 0.25) is 0 Å². The van der Waals surface area contributed by atoms with Crippen LogP contribution in [0.25, 0.3) is 11.1 Å². The molecule has 0 aliphatic rings. The minimum Gasteiger partial charge on any atom is -0.475 e. The number of sulfonamides is 1. The van der Waals surface area contributed by atoms with Crippen LogP contribution in [0.15, 0.2) is 53.1 Å². The van der Waals surface area contributed by atoms with E-state index in [-0.39, 0.29) is 23.4 Å². The van der Waals surface area contributed by atoms with E-state index in [0.717, 1.165) is 12.8 Å². The third-order valence-corrected chi connectivity index (χ3v) is 6.03. The number of nitrogens with one attached hydrogen (secondary N) is 1. The molecule has 1 heterocycles. The van der Waals surface area contributed by atoms with Crippen LogP contribution < -0.4 is 4.72 Å². The molecule has 11 heteroatoms. The molecule has 0 bridgehead atoms. The number of carboxylic acid groups (broad SMARTS) is 1. The van der Waals surface area contributed by atoms with E-state index in [9.17, 15) is 31.5 Å². The molecule has 0 fully saturated rings. The number of aromatic carboxylic acids is 1. The topological polar surface area (TPSA) is 110 Å². The van der Waals surface area contributed by atoms with Crippen molar-refractivity contribution in [3.8, 4) is 11.1 Å². The minimum atomic E-state index is -5.68. The first-order chi connectivity index (χ1) is 15.5. The number of rotatable bonds is 9. The maximum Gasteiger partial charge on any atom is 0.516 e. The van der Waals surface area contributed by atoms with Crippen molar-refractivity contribution in [3.05, 3.63) is 71.1 Å². The molecule has 0 saturated heterocycles. The number of unbranched alkanes of at least 4 members (excludes halogenated alkanes) is 1. The number of aryl methyl sites for hydroxylation is 1. The zero-order valence-corrected chi connectivity index (χ0v) is 18.3. The highest BCUT2D eigenvalue weighted by Crippen LogP contribution is 2.34. The third-order valence-electron chi connectivity index (χ3n) is 4.93. The maximum absolute atomic E-state index is 13.0. The molecular weight excluding hydrogens is 461 g/mol. The molecule has 0 atom stereocenters. The van der Waals surface area contributed by atoms with E-state index in [1.54, 1.807) is 41.1 Å². The van der Waals surface area contributed by atoms with Gasteiger partial charge in [0.15, 0.2) is 0 Å².